The van der Waals surface area contributed by atoms with Crippen LogP contribution in [0.5, 0.6) is 0 Å². The van der Waals surface area contributed by atoms with E-state index in [9.17, 15) is 0 Å². The summed E-state index contributed by atoms with van der Waals surface area (Å²) in [6.45, 7) is 0.891. The van der Waals surface area contributed by atoms with E-state index < -0.39 is 0 Å². The van der Waals surface area contributed by atoms with Gasteiger partial charge in [-0.2, -0.15) is 0 Å². The van der Waals surface area contributed by atoms with Gasteiger partial charge in [0.15, 0.2) is 0 Å². The highest BCUT2D eigenvalue weighted by molar-refractivity contribution is 5.37. The standard InChI is InChI=1S/C13H12O/c1-2-4-10(3-1)11-5-7-12(8-6-11)13-9-14-13/h1-8,10,13H,9H2. The molecular formula is C13H12O. The van der Waals surface area contributed by atoms with Gasteiger partial charge in [0, 0.05) is 5.92 Å². The molecule has 1 aromatic carbocycles. The summed E-state index contributed by atoms with van der Waals surface area (Å²) < 4.78 is 5.23. The molecule has 70 valence electrons. The van der Waals surface area contributed by atoms with Gasteiger partial charge in [0.25, 0.3) is 0 Å². The lowest BCUT2D eigenvalue weighted by Gasteiger charge is -2.05. The summed E-state index contributed by atoms with van der Waals surface area (Å²) in [5.41, 5.74) is 2.67. The molecule has 0 saturated carbocycles. The second-order valence-corrected chi connectivity index (χ2v) is 3.78. The van der Waals surface area contributed by atoms with Gasteiger partial charge in [-0.25, -0.2) is 0 Å². The third-order valence-electron chi connectivity index (χ3n) is 2.77. The van der Waals surface area contributed by atoms with E-state index >= 15 is 0 Å². The predicted octanol–water partition coefficient (Wildman–Crippen LogP) is 2.97. The van der Waals surface area contributed by atoms with Crippen molar-refractivity contribution in [3.8, 4) is 0 Å². The number of epoxide rings is 1. The van der Waals surface area contributed by atoms with Gasteiger partial charge in [0.05, 0.1) is 6.61 Å². The molecule has 0 N–H and O–H groups in total. The minimum Gasteiger partial charge on any atom is -0.368 e. The highest BCUT2D eigenvalue weighted by Gasteiger charge is 2.24. The normalized spacial score (nSPS) is 24.4. The minimum absolute atomic E-state index is 0.374. The number of allylic oxidation sites excluding steroid dienone is 4. The summed E-state index contributed by atoms with van der Waals surface area (Å²) in [5, 5.41) is 0. The summed E-state index contributed by atoms with van der Waals surface area (Å²) in [7, 11) is 0. The second-order valence-electron chi connectivity index (χ2n) is 3.78. The average molecular weight is 184 g/mol. The number of hydrogen-bond donors (Lipinski definition) is 0. The summed E-state index contributed by atoms with van der Waals surface area (Å²) in [6.07, 6.45) is 9.00. The molecule has 1 aliphatic carbocycles. The lowest BCUT2D eigenvalue weighted by Crippen LogP contribution is -1.89. The molecule has 0 aromatic heterocycles. The highest BCUT2D eigenvalue weighted by atomic mass is 16.6. The van der Waals surface area contributed by atoms with Crippen LogP contribution in [0.25, 0.3) is 0 Å². The molecular weight excluding hydrogens is 172 g/mol. The van der Waals surface area contributed by atoms with Crippen LogP contribution in [0.1, 0.15) is 23.1 Å². The van der Waals surface area contributed by atoms with Gasteiger partial charge in [0.1, 0.15) is 6.10 Å². The lowest BCUT2D eigenvalue weighted by atomic mass is 9.99. The van der Waals surface area contributed by atoms with Gasteiger partial charge in [0.2, 0.25) is 0 Å². The molecule has 1 atom stereocenters. The van der Waals surface area contributed by atoms with Crippen molar-refractivity contribution in [2.75, 3.05) is 6.61 Å². The Morgan fingerprint density at radius 2 is 1.50 bits per heavy atom. The zero-order valence-electron chi connectivity index (χ0n) is 7.89. The fourth-order valence-corrected chi connectivity index (χ4v) is 1.83. The van der Waals surface area contributed by atoms with Crippen molar-refractivity contribution in [3.05, 3.63) is 59.7 Å². The molecule has 1 heterocycles. The Balaban J connectivity index is 1.85. The maximum absolute atomic E-state index is 5.23. The monoisotopic (exact) mass is 184 g/mol. The van der Waals surface area contributed by atoms with E-state index in [-0.39, 0.29) is 0 Å². The van der Waals surface area contributed by atoms with E-state index in [1.54, 1.807) is 0 Å². The van der Waals surface area contributed by atoms with Crippen LogP contribution >= 0.6 is 0 Å². The topological polar surface area (TPSA) is 12.5 Å². The third-order valence-corrected chi connectivity index (χ3v) is 2.77. The largest absolute Gasteiger partial charge is 0.368 e. The number of rotatable bonds is 2. The van der Waals surface area contributed by atoms with E-state index in [0.29, 0.717) is 12.0 Å². The van der Waals surface area contributed by atoms with Crippen LogP contribution < -0.4 is 0 Å². The summed E-state index contributed by atoms with van der Waals surface area (Å²) in [5.74, 6) is 0.476. The third kappa shape index (κ3) is 1.40. The van der Waals surface area contributed by atoms with Crippen LogP contribution in [-0.2, 0) is 4.74 Å². The molecule has 1 saturated heterocycles. The number of benzene rings is 1. The minimum atomic E-state index is 0.374. The Hall–Kier alpha value is -1.34. The van der Waals surface area contributed by atoms with Gasteiger partial charge in [-0.1, -0.05) is 48.6 Å². The number of hydrogen-bond acceptors (Lipinski definition) is 1. The molecule has 1 aliphatic heterocycles. The van der Waals surface area contributed by atoms with Gasteiger partial charge in [-0.05, 0) is 11.1 Å². The predicted molar refractivity (Wildman–Crippen MR) is 56.2 cm³/mol. The second kappa shape index (κ2) is 3.10. The molecule has 0 bridgehead atoms. The zero-order valence-corrected chi connectivity index (χ0v) is 7.89. The van der Waals surface area contributed by atoms with Crippen molar-refractivity contribution in [3.63, 3.8) is 0 Å². The molecule has 1 heteroatoms. The molecule has 1 unspecified atom stereocenters. The van der Waals surface area contributed by atoms with E-state index in [0.717, 1.165) is 6.61 Å². The molecule has 0 radical (unpaired) electrons. The maximum atomic E-state index is 5.23. The van der Waals surface area contributed by atoms with Gasteiger partial charge < -0.3 is 4.74 Å². The zero-order chi connectivity index (χ0) is 9.38. The average Bonchev–Trinajstić information content (AvgIpc) is 2.94. The first kappa shape index (κ1) is 8.01. The van der Waals surface area contributed by atoms with Crippen LogP contribution in [0.15, 0.2) is 48.6 Å². The Labute approximate surface area is 83.7 Å². The summed E-state index contributed by atoms with van der Waals surface area (Å²) in [6, 6.07) is 8.74. The van der Waals surface area contributed by atoms with E-state index in [1.165, 1.54) is 11.1 Å². The van der Waals surface area contributed by atoms with Gasteiger partial charge in [-0.15, -0.1) is 0 Å². The van der Waals surface area contributed by atoms with Crippen LogP contribution in [0, 0.1) is 0 Å². The van der Waals surface area contributed by atoms with Crippen molar-refractivity contribution in [2.24, 2.45) is 0 Å². The Morgan fingerprint density at radius 1 is 0.929 bits per heavy atom. The molecule has 3 rings (SSSR count). The molecule has 14 heavy (non-hydrogen) atoms. The SMILES string of the molecule is C1=CC(c2ccc(C3CO3)cc2)C=C1. The summed E-state index contributed by atoms with van der Waals surface area (Å²) >= 11 is 0. The highest BCUT2D eigenvalue weighted by Crippen LogP contribution is 2.31. The van der Waals surface area contributed by atoms with Crippen LogP contribution in [-0.4, -0.2) is 6.61 Å². The van der Waals surface area contributed by atoms with Crippen molar-refractivity contribution in [1.29, 1.82) is 0 Å². The van der Waals surface area contributed by atoms with Crippen molar-refractivity contribution >= 4 is 0 Å². The van der Waals surface area contributed by atoms with E-state index in [4.69, 9.17) is 4.74 Å². The van der Waals surface area contributed by atoms with E-state index in [1.807, 2.05) is 0 Å². The Morgan fingerprint density at radius 3 is 2.07 bits per heavy atom. The molecule has 1 nitrogen and oxygen atoms in total. The fourth-order valence-electron chi connectivity index (χ4n) is 1.83. The Kier molecular flexibility index (Phi) is 1.78. The van der Waals surface area contributed by atoms with Crippen LogP contribution in [0.4, 0.5) is 0 Å². The van der Waals surface area contributed by atoms with Crippen LogP contribution in [0.2, 0.25) is 0 Å². The lowest BCUT2D eigenvalue weighted by molar-refractivity contribution is 0.415. The van der Waals surface area contributed by atoms with E-state index in [2.05, 4.69) is 48.6 Å². The molecule has 1 fully saturated rings. The van der Waals surface area contributed by atoms with Crippen LogP contribution in [0.3, 0.4) is 0 Å². The molecule has 0 spiro atoms. The van der Waals surface area contributed by atoms with Crippen molar-refractivity contribution < 1.29 is 4.74 Å². The smallest absolute Gasteiger partial charge is 0.106 e. The maximum Gasteiger partial charge on any atom is 0.106 e. The fraction of sp³-hybridized carbons (Fsp3) is 0.231. The number of ether oxygens (including phenoxy) is 1. The Bertz CT molecular complexity index is 370. The van der Waals surface area contributed by atoms with Gasteiger partial charge >= 0.3 is 0 Å². The first-order valence-electron chi connectivity index (χ1n) is 5.00. The quantitative estimate of drug-likeness (QED) is 0.644. The first-order chi connectivity index (χ1) is 6.93. The summed E-state index contributed by atoms with van der Waals surface area (Å²) in [4.78, 5) is 0. The van der Waals surface area contributed by atoms with Crippen molar-refractivity contribution in [1.82, 2.24) is 0 Å². The first-order valence-corrected chi connectivity index (χ1v) is 5.00. The molecule has 0 amide bonds. The molecule has 1 aromatic rings. The van der Waals surface area contributed by atoms with Crippen molar-refractivity contribution in [2.45, 2.75) is 12.0 Å². The molecule has 2 aliphatic rings. The van der Waals surface area contributed by atoms with Gasteiger partial charge in [-0.3, -0.25) is 0 Å².